The standard InChI is InChI=1S/C12H19N3O2S/c1-8-7-17-9(2)5-15(8)6-10-3-4-18-11(10)12(16)14-13/h3-4,8-9H,5-7,13H2,1-2H3,(H,14,16). The lowest BCUT2D eigenvalue weighted by atomic mass is 10.1. The Morgan fingerprint density at radius 1 is 1.67 bits per heavy atom. The summed E-state index contributed by atoms with van der Waals surface area (Å²) < 4.78 is 5.60. The fraction of sp³-hybridized carbons (Fsp3) is 0.583. The van der Waals surface area contributed by atoms with Crippen molar-refractivity contribution in [1.29, 1.82) is 0 Å². The first-order chi connectivity index (χ1) is 8.61. The summed E-state index contributed by atoms with van der Waals surface area (Å²) >= 11 is 1.42. The second-order valence-corrected chi connectivity index (χ2v) is 5.59. The largest absolute Gasteiger partial charge is 0.376 e. The molecule has 0 aromatic carbocycles. The first-order valence-corrected chi connectivity index (χ1v) is 6.92. The lowest BCUT2D eigenvalue weighted by Crippen LogP contribution is -2.46. The highest BCUT2D eigenvalue weighted by Gasteiger charge is 2.25. The summed E-state index contributed by atoms with van der Waals surface area (Å²) in [6.07, 6.45) is 0.242. The van der Waals surface area contributed by atoms with E-state index in [-0.39, 0.29) is 12.0 Å². The van der Waals surface area contributed by atoms with Crippen LogP contribution in [0.3, 0.4) is 0 Å². The van der Waals surface area contributed by atoms with Crippen LogP contribution in [0.15, 0.2) is 11.4 Å². The summed E-state index contributed by atoms with van der Waals surface area (Å²) in [7, 11) is 0. The molecule has 1 amide bonds. The summed E-state index contributed by atoms with van der Waals surface area (Å²) in [6, 6.07) is 2.36. The molecule has 0 spiro atoms. The van der Waals surface area contributed by atoms with E-state index in [4.69, 9.17) is 10.6 Å². The molecule has 0 radical (unpaired) electrons. The van der Waals surface area contributed by atoms with Gasteiger partial charge < -0.3 is 4.74 Å². The maximum absolute atomic E-state index is 11.6. The van der Waals surface area contributed by atoms with Crippen LogP contribution >= 0.6 is 11.3 Å². The molecule has 18 heavy (non-hydrogen) atoms. The highest BCUT2D eigenvalue weighted by Crippen LogP contribution is 2.21. The van der Waals surface area contributed by atoms with Crippen LogP contribution < -0.4 is 11.3 Å². The van der Waals surface area contributed by atoms with Crippen LogP contribution in [-0.2, 0) is 11.3 Å². The minimum absolute atomic E-state index is 0.214. The van der Waals surface area contributed by atoms with Gasteiger partial charge in [0.05, 0.1) is 17.6 Å². The Morgan fingerprint density at radius 3 is 3.17 bits per heavy atom. The molecule has 3 N–H and O–H groups in total. The highest BCUT2D eigenvalue weighted by atomic mass is 32.1. The van der Waals surface area contributed by atoms with Crippen LogP contribution in [0, 0.1) is 0 Å². The number of nitrogens with one attached hydrogen (secondary N) is 1. The maximum atomic E-state index is 11.6. The number of hydrogen-bond acceptors (Lipinski definition) is 5. The number of morpholine rings is 1. The Labute approximate surface area is 111 Å². The molecule has 1 saturated heterocycles. The van der Waals surface area contributed by atoms with Gasteiger partial charge in [0.1, 0.15) is 0 Å². The number of nitrogen functional groups attached to an aromatic ring is 1. The van der Waals surface area contributed by atoms with Gasteiger partial charge in [0.15, 0.2) is 0 Å². The zero-order valence-corrected chi connectivity index (χ0v) is 11.5. The fourth-order valence-electron chi connectivity index (χ4n) is 2.14. The van der Waals surface area contributed by atoms with Crippen molar-refractivity contribution in [2.24, 2.45) is 5.84 Å². The van der Waals surface area contributed by atoms with Gasteiger partial charge in [-0.25, -0.2) is 5.84 Å². The predicted octanol–water partition coefficient (Wildman–Crippen LogP) is 0.961. The first kappa shape index (κ1) is 13.5. The van der Waals surface area contributed by atoms with Crippen LogP contribution in [0.4, 0.5) is 0 Å². The van der Waals surface area contributed by atoms with E-state index in [1.807, 2.05) is 11.4 Å². The summed E-state index contributed by atoms with van der Waals surface area (Å²) in [6.45, 7) is 6.60. The number of ether oxygens (including phenoxy) is 1. The van der Waals surface area contributed by atoms with Crippen molar-refractivity contribution in [3.8, 4) is 0 Å². The molecule has 0 bridgehead atoms. The van der Waals surface area contributed by atoms with E-state index in [1.54, 1.807) is 0 Å². The monoisotopic (exact) mass is 269 g/mol. The van der Waals surface area contributed by atoms with Crippen molar-refractivity contribution < 1.29 is 9.53 Å². The Hall–Kier alpha value is -0.950. The Bertz CT molecular complexity index is 421. The van der Waals surface area contributed by atoms with Gasteiger partial charge in [-0.15, -0.1) is 11.3 Å². The number of amides is 1. The molecule has 1 aromatic heterocycles. The average Bonchev–Trinajstić information content (AvgIpc) is 2.81. The molecular weight excluding hydrogens is 250 g/mol. The van der Waals surface area contributed by atoms with Gasteiger partial charge in [0, 0.05) is 19.1 Å². The van der Waals surface area contributed by atoms with E-state index in [1.165, 1.54) is 11.3 Å². The number of rotatable bonds is 3. The van der Waals surface area contributed by atoms with Crippen LogP contribution in [0.25, 0.3) is 0 Å². The Morgan fingerprint density at radius 2 is 2.44 bits per heavy atom. The van der Waals surface area contributed by atoms with Gasteiger partial charge in [-0.3, -0.25) is 15.1 Å². The third-order valence-electron chi connectivity index (χ3n) is 3.19. The number of nitrogens with two attached hydrogens (primary N) is 1. The second-order valence-electron chi connectivity index (χ2n) is 4.67. The number of hydrogen-bond donors (Lipinski definition) is 2. The lowest BCUT2D eigenvalue weighted by Gasteiger charge is -2.36. The van der Waals surface area contributed by atoms with E-state index in [0.717, 1.165) is 25.3 Å². The molecular formula is C12H19N3O2S. The molecule has 1 fully saturated rings. The molecule has 2 atom stereocenters. The number of carbonyl (C=O) groups excluding carboxylic acids is 1. The van der Waals surface area contributed by atoms with E-state index < -0.39 is 0 Å². The number of thiophene rings is 1. The lowest BCUT2D eigenvalue weighted by molar-refractivity contribution is -0.0526. The molecule has 0 saturated carbocycles. The normalized spacial score (nSPS) is 25.1. The molecule has 1 aromatic rings. The summed E-state index contributed by atoms with van der Waals surface area (Å²) in [5, 5.41) is 1.93. The Balaban J connectivity index is 2.09. The predicted molar refractivity (Wildman–Crippen MR) is 71.3 cm³/mol. The number of nitrogens with zero attached hydrogens (tertiary/aromatic N) is 1. The van der Waals surface area contributed by atoms with Crippen LogP contribution in [0.5, 0.6) is 0 Å². The molecule has 0 aliphatic carbocycles. The SMILES string of the molecule is CC1CN(Cc2ccsc2C(=O)NN)C(C)CO1. The zero-order chi connectivity index (χ0) is 13.1. The van der Waals surface area contributed by atoms with Gasteiger partial charge in [-0.05, 0) is 30.9 Å². The third-order valence-corrected chi connectivity index (χ3v) is 4.15. The van der Waals surface area contributed by atoms with Gasteiger partial charge in [-0.1, -0.05) is 0 Å². The summed E-state index contributed by atoms with van der Waals surface area (Å²) in [5.41, 5.74) is 3.22. The minimum Gasteiger partial charge on any atom is -0.376 e. The quantitative estimate of drug-likeness (QED) is 0.487. The third kappa shape index (κ3) is 2.89. The van der Waals surface area contributed by atoms with Gasteiger partial charge >= 0.3 is 0 Å². The van der Waals surface area contributed by atoms with Crippen molar-refractivity contribution in [1.82, 2.24) is 10.3 Å². The topological polar surface area (TPSA) is 67.6 Å². The molecule has 2 heterocycles. The van der Waals surface area contributed by atoms with Gasteiger partial charge in [0.25, 0.3) is 5.91 Å². The van der Waals surface area contributed by atoms with Crippen LogP contribution in [-0.4, -0.2) is 36.1 Å². The molecule has 2 rings (SSSR count). The Kier molecular flexibility index (Phi) is 4.34. The van der Waals surface area contributed by atoms with Crippen molar-refractivity contribution in [2.45, 2.75) is 32.5 Å². The maximum Gasteiger partial charge on any atom is 0.275 e. The molecule has 1 aliphatic rings. The van der Waals surface area contributed by atoms with E-state index >= 15 is 0 Å². The van der Waals surface area contributed by atoms with E-state index in [0.29, 0.717) is 10.9 Å². The highest BCUT2D eigenvalue weighted by molar-refractivity contribution is 7.12. The number of carbonyl (C=O) groups is 1. The van der Waals surface area contributed by atoms with Crippen LogP contribution in [0.1, 0.15) is 29.1 Å². The average molecular weight is 269 g/mol. The van der Waals surface area contributed by atoms with Gasteiger partial charge in [-0.2, -0.15) is 0 Å². The van der Waals surface area contributed by atoms with Crippen molar-refractivity contribution >= 4 is 17.2 Å². The molecule has 6 heteroatoms. The zero-order valence-electron chi connectivity index (χ0n) is 10.7. The fourth-order valence-corrected chi connectivity index (χ4v) is 2.95. The van der Waals surface area contributed by atoms with E-state index in [2.05, 4.69) is 24.2 Å². The van der Waals surface area contributed by atoms with Crippen molar-refractivity contribution in [3.63, 3.8) is 0 Å². The smallest absolute Gasteiger partial charge is 0.275 e. The second kappa shape index (κ2) is 5.79. The van der Waals surface area contributed by atoms with Crippen molar-refractivity contribution in [2.75, 3.05) is 13.2 Å². The summed E-state index contributed by atoms with van der Waals surface area (Å²) in [4.78, 5) is 14.6. The minimum atomic E-state index is -0.214. The van der Waals surface area contributed by atoms with E-state index in [9.17, 15) is 4.79 Å². The molecule has 2 unspecified atom stereocenters. The molecule has 100 valence electrons. The van der Waals surface area contributed by atoms with Crippen molar-refractivity contribution in [3.05, 3.63) is 21.9 Å². The molecule has 5 nitrogen and oxygen atoms in total. The molecule has 1 aliphatic heterocycles. The van der Waals surface area contributed by atoms with Crippen LogP contribution in [0.2, 0.25) is 0 Å². The first-order valence-electron chi connectivity index (χ1n) is 6.04. The number of hydrazine groups is 1. The summed E-state index contributed by atoms with van der Waals surface area (Å²) in [5.74, 6) is 4.97. The van der Waals surface area contributed by atoms with Gasteiger partial charge in [0.2, 0.25) is 0 Å².